The van der Waals surface area contributed by atoms with Gasteiger partial charge in [0.25, 0.3) is 5.78 Å². The Morgan fingerprint density at radius 1 is 1.02 bits per heavy atom. The first kappa shape index (κ1) is 29.4. The van der Waals surface area contributed by atoms with E-state index in [1.807, 2.05) is 6.92 Å². The number of thiazole rings is 1. The van der Waals surface area contributed by atoms with Crippen molar-refractivity contribution >= 4 is 55.7 Å². The minimum Gasteiger partial charge on any atom is -0.507 e. The molecule has 0 bridgehead atoms. The predicted octanol–water partition coefficient (Wildman–Crippen LogP) is 7.55. The number of carbonyl (C=O) groups is 2. The first-order valence-electron chi connectivity index (χ1n) is 13.8. The van der Waals surface area contributed by atoms with Gasteiger partial charge >= 0.3 is 5.91 Å². The van der Waals surface area contributed by atoms with E-state index in [1.165, 1.54) is 23.3 Å². The molecule has 1 aliphatic heterocycles. The number of amides is 1. The number of fused-ring (bicyclic) bond motifs is 1. The van der Waals surface area contributed by atoms with Crippen LogP contribution in [0.2, 0.25) is 5.02 Å². The van der Waals surface area contributed by atoms with Gasteiger partial charge in [0, 0.05) is 10.6 Å². The highest BCUT2D eigenvalue weighted by molar-refractivity contribution is 7.22. The number of aliphatic hydroxyl groups excluding tert-OH is 1. The van der Waals surface area contributed by atoms with Gasteiger partial charge in [-0.1, -0.05) is 60.9 Å². The molecule has 42 heavy (non-hydrogen) atoms. The van der Waals surface area contributed by atoms with Crippen LogP contribution in [-0.4, -0.2) is 42.1 Å². The van der Waals surface area contributed by atoms with Crippen molar-refractivity contribution < 1.29 is 28.9 Å². The average molecular weight is 607 g/mol. The van der Waals surface area contributed by atoms with Gasteiger partial charge in [-0.2, -0.15) is 0 Å². The highest BCUT2D eigenvalue weighted by atomic mass is 35.5. The Bertz CT molecular complexity index is 1670. The van der Waals surface area contributed by atoms with E-state index in [0.717, 1.165) is 24.0 Å². The van der Waals surface area contributed by atoms with Crippen molar-refractivity contribution in [2.45, 2.75) is 39.2 Å². The molecule has 1 amide bonds. The number of aliphatic hydroxyl groups is 1. The number of anilines is 1. The topological polar surface area (TPSA) is 98.2 Å². The Kier molecular flexibility index (Phi) is 8.99. The molecule has 1 unspecified atom stereocenters. The molecule has 2 heterocycles. The first-order chi connectivity index (χ1) is 20.4. The quantitative estimate of drug-likeness (QED) is 0.0814. The molecule has 1 atom stereocenters. The molecule has 0 spiro atoms. The average Bonchev–Trinajstić information content (AvgIpc) is 3.52. The smallest absolute Gasteiger partial charge is 0.301 e. The monoisotopic (exact) mass is 606 g/mol. The molecule has 218 valence electrons. The number of unbranched alkanes of at least 4 members (excludes halogenated alkanes) is 2. The Balaban J connectivity index is 1.65. The summed E-state index contributed by atoms with van der Waals surface area (Å²) in [5.74, 6) is -0.411. The van der Waals surface area contributed by atoms with E-state index in [9.17, 15) is 14.7 Å². The number of ketones is 1. The van der Waals surface area contributed by atoms with Crippen LogP contribution in [-0.2, 0) is 9.59 Å². The van der Waals surface area contributed by atoms with Crippen LogP contribution in [0.15, 0.2) is 66.2 Å². The summed E-state index contributed by atoms with van der Waals surface area (Å²) >= 11 is 7.44. The van der Waals surface area contributed by atoms with Gasteiger partial charge in [-0.3, -0.25) is 14.5 Å². The third-order valence-electron chi connectivity index (χ3n) is 6.92. The molecule has 8 nitrogen and oxygen atoms in total. The second-order valence-corrected chi connectivity index (χ2v) is 11.1. The number of methoxy groups -OCH3 is 1. The second kappa shape index (κ2) is 12.8. The molecule has 3 aromatic carbocycles. The number of rotatable bonds is 11. The van der Waals surface area contributed by atoms with Gasteiger partial charge in [0.05, 0.1) is 42.2 Å². The van der Waals surface area contributed by atoms with E-state index in [2.05, 4.69) is 11.9 Å². The molecule has 0 saturated carbocycles. The van der Waals surface area contributed by atoms with E-state index < -0.39 is 17.7 Å². The molecule has 0 radical (unpaired) electrons. The number of benzene rings is 3. The lowest BCUT2D eigenvalue weighted by molar-refractivity contribution is -0.132. The van der Waals surface area contributed by atoms with Gasteiger partial charge in [-0.25, -0.2) is 4.98 Å². The fraction of sp³-hybridized carbons (Fsp3) is 0.281. The highest BCUT2D eigenvalue weighted by Gasteiger charge is 2.48. The van der Waals surface area contributed by atoms with E-state index in [4.69, 9.17) is 25.8 Å². The molecule has 4 aromatic rings. The van der Waals surface area contributed by atoms with Crippen LogP contribution in [0.3, 0.4) is 0 Å². The summed E-state index contributed by atoms with van der Waals surface area (Å²) in [6, 6.07) is 16.3. The second-order valence-electron chi connectivity index (χ2n) is 9.70. The molecule has 1 fully saturated rings. The standard InChI is InChI=1S/C32H31ClN2O6S/c1-4-6-7-15-41-24-14-11-19(17-25(24)39-3)28-27(29(36)20-9-8-10-22(16-20)40-5-2)30(37)31(38)35(28)32-34-23-13-12-21(33)18-26(23)42-32/h8-14,16-18,28,36H,4-7,15H2,1-3H3. The third kappa shape index (κ3) is 5.80. The fourth-order valence-corrected chi connectivity index (χ4v) is 6.17. The molecular formula is C32H31ClN2O6S. The fourth-order valence-electron chi connectivity index (χ4n) is 4.90. The summed E-state index contributed by atoms with van der Waals surface area (Å²) in [5.41, 5.74) is 1.47. The van der Waals surface area contributed by atoms with Crippen molar-refractivity contribution in [1.29, 1.82) is 0 Å². The molecule has 10 heteroatoms. The van der Waals surface area contributed by atoms with Gasteiger partial charge in [0.2, 0.25) is 0 Å². The lowest BCUT2D eigenvalue weighted by atomic mass is 9.95. The van der Waals surface area contributed by atoms with Crippen LogP contribution in [0.5, 0.6) is 17.2 Å². The van der Waals surface area contributed by atoms with Crippen LogP contribution in [0.4, 0.5) is 5.13 Å². The van der Waals surface area contributed by atoms with E-state index in [1.54, 1.807) is 60.7 Å². The van der Waals surface area contributed by atoms with Crippen molar-refractivity contribution in [3.8, 4) is 17.2 Å². The van der Waals surface area contributed by atoms with Crippen LogP contribution in [0.25, 0.3) is 16.0 Å². The van der Waals surface area contributed by atoms with Gasteiger partial charge < -0.3 is 19.3 Å². The summed E-state index contributed by atoms with van der Waals surface area (Å²) in [4.78, 5) is 33.3. The van der Waals surface area contributed by atoms with Crippen LogP contribution >= 0.6 is 22.9 Å². The Morgan fingerprint density at radius 2 is 1.86 bits per heavy atom. The number of nitrogens with zero attached hydrogens (tertiary/aromatic N) is 2. The molecule has 5 rings (SSSR count). The van der Waals surface area contributed by atoms with Crippen molar-refractivity contribution in [3.05, 3.63) is 82.4 Å². The molecule has 0 aliphatic carbocycles. The number of hydrogen-bond acceptors (Lipinski definition) is 8. The van der Waals surface area contributed by atoms with Crippen LogP contribution < -0.4 is 19.1 Å². The number of Topliss-reactive ketones (excluding diaryl/α,β-unsaturated/α-hetero) is 1. The minimum atomic E-state index is -0.986. The number of hydrogen-bond donors (Lipinski definition) is 1. The molecule has 1 saturated heterocycles. The van der Waals surface area contributed by atoms with Gasteiger partial charge in [0.15, 0.2) is 16.6 Å². The number of halogens is 1. The summed E-state index contributed by atoms with van der Waals surface area (Å²) in [5, 5.41) is 12.4. The highest BCUT2D eigenvalue weighted by Crippen LogP contribution is 2.46. The van der Waals surface area contributed by atoms with Crippen molar-refractivity contribution in [3.63, 3.8) is 0 Å². The molecule has 1 aliphatic rings. The van der Waals surface area contributed by atoms with E-state index in [0.29, 0.717) is 57.3 Å². The maximum Gasteiger partial charge on any atom is 0.301 e. The SMILES string of the molecule is CCCCCOc1ccc(C2C(=C(O)c3cccc(OCC)c3)C(=O)C(=O)N2c2nc3ccc(Cl)cc3s2)cc1OC. The van der Waals surface area contributed by atoms with Gasteiger partial charge in [-0.15, -0.1) is 0 Å². The number of aromatic nitrogens is 1. The zero-order chi connectivity index (χ0) is 29.8. The lowest BCUT2D eigenvalue weighted by Crippen LogP contribution is -2.29. The van der Waals surface area contributed by atoms with Gasteiger partial charge in [0.1, 0.15) is 11.5 Å². The van der Waals surface area contributed by atoms with Crippen LogP contribution in [0.1, 0.15) is 50.3 Å². The minimum absolute atomic E-state index is 0.0652. The predicted molar refractivity (Wildman–Crippen MR) is 165 cm³/mol. The summed E-state index contributed by atoms with van der Waals surface area (Å²) in [7, 11) is 1.53. The maximum atomic E-state index is 13.7. The molecule has 1 N–H and O–H groups in total. The van der Waals surface area contributed by atoms with Crippen molar-refractivity contribution in [1.82, 2.24) is 4.98 Å². The zero-order valence-electron chi connectivity index (χ0n) is 23.6. The zero-order valence-corrected chi connectivity index (χ0v) is 25.1. The first-order valence-corrected chi connectivity index (χ1v) is 15.0. The van der Waals surface area contributed by atoms with E-state index >= 15 is 0 Å². The van der Waals surface area contributed by atoms with Crippen LogP contribution in [0, 0.1) is 0 Å². The Labute approximate surface area is 253 Å². The Morgan fingerprint density at radius 3 is 2.62 bits per heavy atom. The third-order valence-corrected chi connectivity index (χ3v) is 8.17. The lowest BCUT2D eigenvalue weighted by Gasteiger charge is -2.24. The maximum absolute atomic E-state index is 13.7. The summed E-state index contributed by atoms with van der Waals surface area (Å²) < 4.78 is 18.0. The largest absolute Gasteiger partial charge is 0.507 e. The molecule has 1 aromatic heterocycles. The molecular weight excluding hydrogens is 576 g/mol. The number of ether oxygens (including phenoxy) is 3. The van der Waals surface area contributed by atoms with Crippen molar-refractivity contribution in [2.24, 2.45) is 0 Å². The van der Waals surface area contributed by atoms with Gasteiger partial charge in [-0.05, 0) is 61.4 Å². The van der Waals surface area contributed by atoms with E-state index in [-0.39, 0.29) is 11.3 Å². The van der Waals surface area contributed by atoms with Crippen molar-refractivity contribution in [2.75, 3.05) is 25.2 Å². The number of carbonyl (C=O) groups excluding carboxylic acids is 2. The normalized spacial score (nSPS) is 16.3. The summed E-state index contributed by atoms with van der Waals surface area (Å²) in [6.07, 6.45) is 3.03. The summed E-state index contributed by atoms with van der Waals surface area (Å²) in [6.45, 7) is 4.95. The Hall–Kier alpha value is -4.08.